The van der Waals surface area contributed by atoms with E-state index in [1.165, 1.54) is 19.3 Å². The minimum atomic E-state index is 0.618. The average molecular weight is 403 g/mol. The highest BCUT2D eigenvalue weighted by atomic mass is 35.5. The molecule has 1 saturated heterocycles. The molecule has 0 amide bonds. The Hall–Kier alpha value is -2.07. The molecule has 0 atom stereocenters. The van der Waals surface area contributed by atoms with Crippen LogP contribution in [-0.4, -0.2) is 26.3 Å². The monoisotopic (exact) mass is 402 g/mol. The number of hydrogen-bond donors (Lipinski definition) is 1. The lowest BCUT2D eigenvalue weighted by Gasteiger charge is -2.29. The van der Waals surface area contributed by atoms with Crippen molar-refractivity contribution in [1.82, 2.24) is 0 Å². The van der Waals surface area contributed by atoms with E-state index < -0.39 is 0 Å². The van der Waals surface area contributed by atoms with Gasteiger partial charge in [-0.3, -0.25) is 0 Å². The van der Waals surface area contributed by atoms with E-state index in [4.69, 9.17) is 21.1 Å². The molecule has 2 aromatic rings. The fraction of sp³-hybridized carbons (Fsp3) is 0.478. The fourth-order valence-corrected chi connectivity index (χ4v) is 3.77. The van der Waals surface area contributed by atoms with Crippen LogP contribution in [0.3, 0.4) is 0 Å². The van der Waals surface area contributed by atoms with Crippen molar-refractivity contribution in [3.05, 3.63) is 47.0 Å². The van der Waals surface area contributed by atoms with E-state index in [1.807, 2.05) is 25.1 Å². The smallest absolute Gasteiger partial charge is 0.161 e. The van der Waals surface area contributed by atoms with E-state index in [-0.39, 0.29) is 0 Å². The van der Waals surface area contributed by atoms with Gasteiger partial charge in [0.25, 0.3) is 0 Å². The molecule has 152 valence electrons. The van der Waals surface area contributed by atoms with Crippen molar-refractivity contribution in [3.8, 4) is 11.5 Å². The van der Waals surface area contributed by atoms with Crippen LogP contribution in [0, 0.1) is 0 Å². The van der Waals surface area contributed by atoms with Gasteiger partial charge in [0.2, 0.25) is 0 Å². The van der Waals surface area contributed by atoms with Crippen molar-refractivity contribution in [3.63, 3.8) is 0 Å². The minimum Gasteiger partial charge on any atom is -0.490 e. The van der Waals surface area contributed by atoms with Crippen molar-refractivity contribution in [2.24, 2.45) is 0 Å². The van der Waals surface area contributed by atoms with Gasteiger partial charge in [-0.2, -0.15) is 0 Å². The summed E-state index contributed by atoms with van der Waals surface area (Å²) in [6.07, 6.45) is 4.79. The molecule has 5 heteroatoms. The predicted octanol–water partition coefficient (Wildman–Crippen LogP) is 6.13. The van der Waals surface area contributed by atoms with Gasteiger partial charge in [0.1, 0.15) is 0 Å². The second kappa shape index (κ2) is 10.5. The molecule has 4 nitrogen and oxygen atoms in total. The van der Waals surface area contributed by atoms with Gasteiger partial charge in [-0.1, -0.05) is 24.6 Å². The Balaban J connectivity index is 1.64. The molecule has 3 rings (SSSR count). The van der Waals surface area contributed by atoms with Crippen LogP contribution < -0.4 is 19.7 Å². The normalized spacial score (nSPS) is 14.0. The fourth-order valence-electron chi connectivity index (χ4n) is 3.47. The van der Waals surface area contributed by atoms with Gasteiger partial charge >= 0.3 is 0 Å². The average Bonchev–Trinajstić information content (AvgIpc) is 2.72. The minimum absolute atomic E-state index is 0.618. The van der Waals surface area contributed by atoms with Crippen LogP contribution in [0.25, 0.3) is 0 Å². The summed E-state index contributed by atoms with van der Waals surface area (Å²) in [6.45, 7) is 8.29. The Labute approximate surface area is 173 Å². The molecule has 0 spiro atoms. The van der Waals surface area contributed by atoms with Crippen molar-refractivity contribution in [2.75, 3.05) is 36.5 Å². The summed E-state index contributed by atoms with van der Waals surface area (Å²) in [5, 5.41) is 4.27. The number of anilines is 2. The van der Waals surface area contributed by atoms with Gasteiger partial charge in [-0.15, -0.1) is 0 Å². The van der Waals surface area contributed by atoms with Crippen LogP contribution in [0.1, 0.15) is 45.1 Å². The molecule has 0 bridgehead atoms. The van der Waals surface area contributed by atoms with Crippen LogP contribution in [-0.2, 0) is 6.54 Å². The van der Waals surface area contributed by atoms with E-state index in [2.05, 4.69) is 35.3 Å². The Morgan fingerprint density at radius 2 is 1.79 bits per heavy atom. The first-order chi connectivity index (χ1) is 13.7. The first-order valence-corrected chi connectivity index (χ1v) is 10.8. The summed E-state index contributed by atoms with van der Waals surface area (Å²) in [7, 11) is 0. The van der Waals surface area contributed by atoms with E-state index in [0.717, 1.165) is 53.0 Å². The summed E-state index contributed by atoms with van der Waals surface area (Å²) < 4.78 is 11.5. The summed E-state index contributed by atoms with van der Waals surface area (Å²) in [4.78, 5) is 2.39. The molecule has 0 aromatic heterocycles. The largest absolute Gasteiger partial charge is 0.490 e. The number of rotatable bonds is 9. The van der Waals surface area contributed by atoms with Crippen LogP contribution in [0.15, 0.2) is 36.4 Å². The summed E-state index contributed by atoms with van der Waals surface area (Å²) >= 11 is 6.56. The Morgan fingerprint density at radius 3 is 2.50 bits per heavy atom. The van der Waals surface area contributed by atoms with E-state index in [0.29, 0.717) is 19.8 Å². The zero-order chi connectivity index (χ0) is 19.8. The predicted molar refractivity (Wildman–Crippen MR) is 118 cm³/mol. The van der Waals surface area contributed by atoms with Crippen LogP contribution >= 0.6 is 11.6 Å². The molecular weight excluding hydrogens is 372 g/mol. The zero-order valence-corrected chi connectivity index (χ0v) is 17.7. The van der Waals surface area contributed by atoms with Crippen molar-refractivity contribution in [1.29, 1.82) is 0 Å². The van der Waals surface area contributed by atoms with Gasteiger partial charge in [0, 0.05) is 25.3 Å². The van der Waals surface area contributed by atoms with Gasteiger partial charge in [0.15, 0.2) is 11.5 Å². The highest BCUT2D eigenvalue weighted by Crippen LogP contribution is 2.32. The van der Waals surface area contributed by atoms with Gasteiger partial charge < -0.3 is 19.7 Å². The topological polar surface area (TPSA) is 33.7 Å². The van der Waals surface area contributed by atoms with Crippen molar-refractivity contribution >= 4 is 23.0 Å². The molecule has 0 radical (unpaired) electrons. The number of ether oxygens (including phenoxy) is 2. The maximum absolute atomic E-state index is 6.56. The third-order valence-corrected chi connectivity index (χ3v) is 5.21. The first kappa shape index (κ1) is 20.7. The molecule has 0 aliphatic carbocycles. The van der Waals surface area contributed by atoms with Gasteiger partial charge in [-0.25, -0.2) is 0 Å². The number of benzene rings is 2. The van der Waals surface area contributed by atoms with Crippen LogP contribution in [0.4, 0.5) is 11.4 Å². The first-order valence-electron chi connectivity index (χ1n) is 10.4. The summed E-state index contributed by atoms with van der Waals surface area (Å²) in [5.74, 6) is 1.61. The highest BCUT2D eigenvalue weighted by molar-refractivity contribution is 6.33. The number of nitrogens with zero attached hydrogens (tertiary/aromatic N) is 1. The maximum Gasteiger partial charge on any atom is 0.161 e. The second-order valence-corrected chi connectivity index (χ2v) is 7.54. The third kappa shape index (κ3) is 5.48. The molecule has 2 aromatic carbocycles. The summed E-state index contributed by atoms with van der Waals surface area (Å²) in [6, 6.07) is 12.4. The van der Waals surface area contributed by atoms with Crippen LogP contribution in [0.5, 0.6) is 11.5 Å². The molecular formula is C23H31ClN2O2. The SMILES string of the molecule is CCCOc1ccc(CNc2ccc(N3CCCCC3)c(Cl)c2)cc1OCC. The molecule has 0 unspecified atom stereocenters. The van der Waals surface area contributed by atoms with Crippen molar-refractivity contribution < 1.29 is 9.47 Å². The van der Waals surface area contributed by atoms with E-state index >= 15 is 0 Å². The van der Waals surface area contributed by atoms with Crippen LogP contribution in [0.2, 0.25) is 5.02 Å². The zero-order valence-electron chi connectivity index (χ0n) is 17.0. The van der Waals surface area contributed by atoms with Gasteiger partial charge in [-0.05, 0) is 68.5 Å². The summed E-state index contributed by atoms with van der Waals surface area (Å²) in [5.41, 5.74) is 3.31. The maximum atomic E-state index is 6.56. The Bertz CT molecular complexity index is 760. The second-order valence-electron chi connectivity index (χ2n) is 7.13. The molecule has 1 N–H and O–H groups in total. The number of hydrogen-bond acceptors (Lipinski definition) is 4. The van der Waals surface area contributed by atoms with Crippen molar-refractivity contribution in [2.45, 2.75) is 46.1 Å². The van der Waals surface area contributed by atoms with E-state index in [9.17, 15) is 0 Å². The third-order valence-electron chi connectivity index (χ3n) is 4.91. The molecule has 1 aliphatic rings. The van der Waals surface area contributed by atoms with E-state index in [1.54, 1.807) is 0 Å². The molecule has 0 saturated carbocycles. The number of piperidine rings is 1. The lowest BCUT2D eigenvalue weighted by atomic mass is 10.1. The highest BCUT2D eigenvalue weighted by Gasteiger charge is 2.14. The molecule has 1 aliphatic heterocycles. The number of nitrogens with one attached hydrogen (secondary N) is 1. The standard InChI is InChI=1S/C23H31ClN2O2/c1-3-14-28-22-11-8-18(15-23(22)27-4-2)17-25-19-9-10-21(20(24)16-19)26-12-6-5-7-13-26/h8-11,15-16,25H,3-7,12-14,17H2,1-2H3. The molecule has 1 fully saturated rings. The lowest BCUT2D eigenvalue weighted by Crippen LogP contribution is -2.29. The molecule has 1 heterocycles. The molecule has 28 heavy (non-hydrogen) atoms. The number of halogens is 1. The quantitative estimate of drug-likeness (QED) is 0.547. The Kier molecular flexibility index (Phi) is 7.72. The Morgan fingerprint density at radius 1 is 0.964 bits per heavy atom. The lowest BCUT2D eigenvalue weighted by molar-refractivity contribution is 0.276. The van der Waals surface area contributed by atoms with Gasteiger partial charge in [0.05, 0.1) is 23.9 Å².